The van der Waals surface area contributed by atoms with Gasteiger partial charge in [0, 0.05) is 30.3 Å². The number of rotatable bonds is 5. The maximum absolute atomic E-state index is 10.1. The summed E-state index contributed by atoms with van der Waals surface area (Å²) in [7, 11) is 0. The minimum atomic E-state index is -0.332. The second-order valence-corrected chi connectivity index (χ2v) is 9.50. The van der Waals surface area contributed by atoms with E-state index < -0.39 is 0 Å². The maximum atomic E-state index is 10.1. The van der Waals surface area contributed by atoms with Crippen molar-refractivity contribution in [3.8, 4) is 17.2 Å². The monoisotopic (exact) mass is 468 g/mol. The fourth-order valence-corrected chi connectivity index (χ4v) is 5.09. The molecular weight excluding hydrogens is 436 g/mol. The number of hydrogen-bond donors (Lipinski definition) is 3. The van der Waals surface area contributed by atoms with E-state index >= 15 is 0 Å². The third-order valence-corrected chi connectivity index (χ3v) is 6.89. The topological polar surface area (TPSA) is 79.0 Å². The second kappa shape index (κ2) is 9.98. The number of nitrogens with zero attached hydrogens (tertiary/aromatic N) is 1. The summed E-state index contributed by atoms with van der Waals surface area (Å²) in [5.74, 6) is 1.14. The smallest absolute Gasteiger partial charge is 0.150 e. The normalized spacial score (nSPS) is 20.6. The first-order valence-electron chi connectivity index (χ1n) is 12.2. The number of likely N-dealkylation sites (tertiary alicyclic amines) is 1. The molecule has 35 heavy (non-hydrogen) atoms. The average Bonchev–Trinajstić information content (AvgIpc) is 2.85. The van der Waals surface area contributed by atoms with E-state index in [1.54, 1.807) is 24.3 Å². The minimum absolute atomic E-state index is 0.197. The molecule has 0 aliphatic carbocycles. The van der Waals surface area contributed by atoms with Crippen molar-refractivity contribution >= 4 is 17.2 Å². The van der Waals surface area contributed by atoms with Crippen LogP contribution in [-0.2, 0) is 0 Å². The van der Waals surface area contributed by atoms with Gasteiger partial charge in [-0.3, -0.25) is 4.90 Å². The van der Waals surface area contributed by atoms with E-state index in [-0.39, 0.29) is 17.6 Å². The first kappa shape index (κ1) is 23.2. The number of nitrogens with two attached hydrogens (primary N) is 1. The van der Waals surface area contributed by atoms with Crippen LogP contribution >= 0.6 is 0 Å². The number of piperidine rings is 1. The Balaban J connectivity index is 1.42. The largest absolute Gasteiger partial charge is 0.508 e. The predicted molar refractivity (Wildman–Crippen MR) is 141 cm³/mol. The van der Waals surface area contributed by atoms with Gasteiger partial charge in [0.1, 0.15) is 23.4 Å². The highest BCUT2D eigenvalue weighted by atomic mass is 16.5. The minimum Gasteiger partial charge on any atom is -0.508 e. The van der Waals surface area contributed by atoms with Gasteiger partial charge in [-0.2, -0.15) is 0 Å². The molecule has 2 aliphatic rings. The van der Waals surface area contributed by atoms with Crippen molar-refractivity contribution in [3.05, 3.63) is 95.1 Å². The molecule has 0 bridgehead atoms. The zero-order valence-electron chi connectivity index (χ0n) is 20.0. The van der Waals surface area contributed by atoms with Crippen LogP contribution in [0.25, 0.3) is 17.2 Å². The number of aromatic hydroxyl groups is 2. The highest BCUT2D eigenvalue weighted by Crippen LogP contribution is 2.47. The fourth-order valence-electron chi connectivity index (χ4n) is 5.09. The zero-order valence-corrected chi connectivity index (χ0v) is 20.0. The van der Waals surface area contributed by atoms with E-state index in [0.717, 1.165) is 65.2 Å². The van der Waals surface area contributed by atoms with Gasteiger partial charge >= 0.3 is 0 Å². The quantitative estimate of drug-likeness (QED) is 0.454. The standard InChI is InChI=1S/C30H32N2O3/c1-20-27-18-26(34)13-14-28(27)35-30(29(20)23-6-2-8-25(33)17-23)22-11-9-21(10-12-22)5-3-15-32-16-4-7-24(31)19-32/h2-3,5-6,8-14,17-18,24,30,33-34H,4,7,15-16,19,31H2,1H3/b5-3-/t24-,30?/m1/s1. The Kier molecular flexibility index (Phi) is 6.62. The molecule has 0 saturated carbocycles. The van der Waals surface area contributed by atoms with Gasteiger partial charge in [-0.25, -0.2) is 0 Å². The number of phenolic OH excluding ortho intramolecular Hbond substituents is 2. The molecule has 1 fully saturated rings. The number of fused-ring (bicyclic) bond motifs is 1. The Bertz CT molecular complexity index is 1260. The van der Waals surface area contributed by atoms with Crippen LogP contribution < -0.4 is 10.5 Å². The number of phenols is 2. The lowest BCUT2D eigenvalue weighted by atomic mass is 9.86. The van der Waals surface area contributed by atoms with Gasteiger partial charge in [-0.05, 0) is 78.9 Å². The summed E-state index contributed by atoms with van der Waals surface area (Å²) in [6.07, 6.45) is 6.31. The molecule has 3 aromatic rings. The molecule has 180 valence electrons. The van der Waals surface area contributed by atoms with Crippen LogP contribution in [0.1, 0.15) is 48.1 Å². The SMILES string of the molecule is CC1=C(c2cccc(O)c2)C(c2ccc(/C=C\CN3CCC[C@@H](N)C3)cc2)Oc2ccc(O)cc21. The molecule has 5 heteroatoms. The molecule has 0 aromatic heterocycles. The van der Waals surface area contributed by atoms with E-state index in [1.807, 2.05) is 25.1 Å². The van der Waals surface area contributed by atoms with Gasteiger partial charge in [-0.15, -0.1) is 0 Å². The summed E-state index contributed by atoms with van der Waals surface area (Å²) in [5.41, 5.74) is 12.0. The zero-order chi connectivity index (χ0) is 24.4. The Morgan fingerprint density at radius 1 is 1.03 bits per heavy atom. The summed E-state index contributed by atoms with van der Waals surface area (Å²) in [4.78, 5) is 2.40. The highest BCUT2D eigenvalue weighted by molar-refractivity contribution is 5.95. The average molecular weight is 469 g/mol. The third kappa shape index (κ3) is 5.11. The predicted octanol–water partition coefficient (Wildman–Crippen LogP) is 5.60. The van der Waals surface area contributed by atoms with Crippen LogP contribution in [0.4, 0.5) is 0 Å². The number of ether oxygens (including phenoxy) is 1. The first-order chi connectivity index (χ1) is 17.0. The molecular formula is C30H32N2O3. The van der Waals surface area contributed by atoms with E-state index in [1.165, 1.54) is 6.42 Å². The van der Waals surface area contributed by atoms with E-state index in [4.69, 9.17) is 10.5 Å². The molecule has 0 amide bonds. The van der Waals surface area contributed by atoms with Crippen molar-refractivity contribution in [1.29, 1.82) is 0 Å². The van der Waals surface area contributed by atoms with Crippen LogP contribution in [0.5, 0.6) is 17.2 Å². The Morgan fingerprint density at radius 3 is 2.60 bits per heavy atom. The van der Waals surface area contributed by atoms with Crippen LogP contribution in [0.2, 0.25) is 0 Å². The van der Waals surface area contributed by atoms with Gasteiger partial charge in [-0.1, -0.05) is 48.6 Å². The molecule has 3 aromatic carbocycles. The lowest BCUT2D eigenvalue weighted by Crippen LogP contribution is -2.42. The molecule has 1 unspecified atom stereocenters. The number of hydrogen-bond acceptors (Lipinski definition) is 5. The molecule has 1 saturated heterocycles. The van der Waals surface area contributed by atoms with Crippen molar-refractivity contribution in [2.24, 2.45) is 5.73 Å². The number of allylic oxidation sites excluding steroid dienone is 1. The molecule has 4 N–H and O–H groups in total. The molecule has 0 spiro atoms. The van der Waals surface area contributed by atoms with Crippen molar-refractivity contribution in [2.75, 3.05) is 19.6 Å². The Labute approximate surface area is 206 Å². The van der Waals surface area contributed by atoms with E-state index in [0.29, 0.717) is 6.04 Å². The summed E-state index contributed by atoms with van der Waals surface area (Å²) in [5, 5.41) is 20.2. The van der Waals surface area contributed by atoms with Crippen LogP contribution in [0, 0.1) is 0 Å². The van der Waals surface area contributed by atoms with Gasteiger partial charge in [0.05, 0.1) is 0 Å². The van der Waals surface area contributed by atoms with Crippen molar-refractivity contribution < 1.29 is 14.9 Å². The van der Waals surface area contributed by atoms with Crippen molar-refractivity contribution in [2.45, 2.75) is 31.9 Å². The van der Waals surface area contributed by atoms with Gasteiger partial charge in [0.15, 0.2) is 0 Å². The lowest BCUT2D eigenvalue weighted by molar-refractivity contribution is 0.229. The molecule has 2 heterocycles. The second-order valence-electron chi connectivity index (χ2n) is 9.50. The van der Waals surface area contributed by atoms with Crippen molar-refractivity contribution in [1.82, 2.24) is 4.90 Å². The molecule has 2 atom stereocenters. The van der Waals surface area contributed by atoms with E-state index in [9.17, 15) is 10.2 Å². The van der Waals surface area contributed by atoms with Gasteiger partial charge in [0.2, 0.25) is 0 Å². The fraction of sp³-hybridized carbons (Fsp3) is 0.267. The Hall–Kier alpha value is -3.54. The summed E-state index contributed by atoms with van der Waals surface area (Å²) in [6, 6.07) is 21.1. The van der Waals surface area contributed by atoms with Gasteiger partial charge in [0.25, 0.3) is 0 Å². The van der Waals surface area contributed by atoms with E-state index in [2.05, 4.69) is 41.3 Å². The third-order valence-electron chi connectivity index (χ3n) is 6.89. The van der Waals surface area contributed by atoms with Crippen LogP contribution in [0.15, 0.2) is 72.8 Å². The molecule has 5 nitrogen and oxygen atoms in total. The summed E-state index contributed by atoms with van der Waals surface area (Å²) in [6.45, 7) is 5.02. The molecule has 2 aliphatic heterocycles. The summed E-state index contributed by atoms with van der Waals surface area (Å²) >= 11 is 0. The molecule has 0 radical (unpaired) electrons. The lowest BCUT2D eigenvalue weighted by Gasteiger charge is -2.31. The van der Waals surface area contributed by atoms with Crippen molar-refractivity contribution in [3.63, 3.8) is 0 Å². The highest BCUT2D eigenvalue weighted by Gasteiger charge is 2.29. The first-order valence-corrected chi connectivity index (χ1v) is 12.2. The van der Waals surface area contributed by atoms with Gasteiger partial charge < -0.3 is 20.7 Å². The van der Waals surface area contributed by atoms with Crippen LogP contribution in [-0.4, -0.2) is 40.8 Å². The maximum Gasteiger partial charge on any atom is 0.150 e. The summed E-state index contributed by atoms with van der Waals surface area (Å²) < 4.78 is 6.47. The molecule has 5 rings (SSSR count). The Morgan fingerprint density at radius 2 is 1.83 bits per heavy atom. The number of benzene rings is 3. The van der Waals surface area contributed by atoms with Crippen LogP contribution in [0.3, 0.4) is 0 Å².